The first kappa shape index (κ1) is 15.1. The third-order valence-electron chi connectivity index (χ3n) is 2.74. The summed E-state index contributed by atoms with van der Waals surface area (Å²) in [6.07, 6.45) is 3.50. The van der Waals surface area contributed by atoms with E-state index in [0.717, 1.165) is 34.3 Å². The van der Waals surface area contributed by atoms with Crippen LogP contribution in [0.5, 0.6) is 0 Å². The lowest BCUT2D eigenvalue weighted by molar-refractivity contribution is -0.115. The van der Waals surface area contributed by atoms with Crippen molar-refractivity contribution in [3.63, 3.8) is 0 Å². The Bertz CT molecular complexity index is 568. The smallest absolute Gasteiger partial charge is 0.230 e. The van der Waals surface area contributed by atoms with Crippen LogP contribution in [0.15, 0.2) is 28.7 Å². The summed E-state index contributed by atoms with van der Waals surface area (Å²) >= 11 is 4.82. The van der Waals surface area contributed by atoms with E-state index >= 15 is 0 Å². The molecule has 1 amide bonds. The van der Waals surface area contributed by atoms with Crippen LogP contribution in [0.25, 0.3) is 0 Å². The van der Waals surface area contributed by atoms with Crippen LogP contribution < -0.4 is 5.32 Å². The lowest BCUT2D eigenvalue weighted by Gasteiger charge is -2.01. The molecule has 4 nitrogen and oxygen atoms in total. The fraction of sp³-hybridized carbons (Fsp3) is 0.357. The van der Waals surface area contributed by atoms with Gasteiger partial charge in [0, 0.05) is 10.9 Å². The van der Waals surface area contributed by atoms with Crippen LogP contribution in [0.2, 0.25) is 0 Å². The Kier molecular flexibility index (Phi) is 5.67. The molecule has 1 aromatic carbocycles. The summed E-state index contributed by atoms with van der Waals surface area (Å²) in [6, 6.07) is 7.71. The molecule has 1 aromatic heterocycles. The van der Waals surface area contributed by atoms with Crippen molar-refractivity contribution in [3.05, 3.63) is 39.3 Å². The standard InChI is InChI=1S/C14H16BrN3OS/c1-2-3-4-13-17-18-14(20-13)16-12(19)9-10-5-7-11(15)8-6-10/h5-8H,2-4,9H2,1H3,(H,16,18,19). The fourth-order valence-corrected chi connectivity index (χ4v) is 2.75. The molecular weight excluding hydrogens is 338 g/mol. The highest BCUT2D eigenvalue weighted by Crippen LogP contribution is 2.17. The molecule has 0 spiro atoms. The van der Waals surface area contributed by atoms with Gasteiger partial charge in [0.2, 0.25) is 11.0 Å². The third kappa shape index (κ3) is 4.68. The van der Waals surface area contributed by atoms with E-state index in [1.54, 1.807) is 0 Å². The van der Waals surface area contributed by atoms with Crippen LogP contribution in [-0.4, -0.2) is 16.1 Å². The number of anilines is 1. The monoisotopic (exact) mass is 353 g/mol. The lowest BCUT2D eigenvalue weighted by Crippen LogP contribution is -2.14. The summed E-state index contributed by atoms with van der Waals surface area (Å²) in [5, 5.41) is 12.4. The number of halogens is 1. The number of aromatic nitrogens is 2. The third-order valence-corrected chi connectivity index (χ3v) is 4.16. The van der Waals surface area contributed by atoms with Gasteiger partial charge in [-0.1, -0.05) is 52.7 Å². The average Bonchev–Trinajstić information content (AvgIpc) is 2.86. The molecule has 6 heteroatoms. The van der Waals surface area contributed by atoms with Crippen molar-refractivity contribution >= 4 is 38.3 Å². The molecule has 106 valence electrons. The van der Waals surface area contributed by atoms with Crippen molar-refractivity contribution in [2.75, 3.05) is 5.32 Å². The summed E-state index contributed by atoms with van der Waals surface area (Å²) in [5.74, 6) is -0.0643. The minimum atomic E-state index is -0.0643. The minimum Gasteiger partial charge on any atom is -0.300 e. The molecule has 0 aliphatic heterocycles. The maximum atomic E-state index is 11.9. The quantitative estimate of drug-likeness (QED) is 0.858. The first-order chi connectivity index (χ1) is 9.67. The Hall–Kier alpha value is -1.27. The SMILES string of the molecule is CCCCc1nnc(NC(=O)Cc2ccc(Br)cc2)s1. The van der Waals surface area contributed by atoms with E-state index in [0.29, 0.717) is 11.6 Å². The molecule has 0 aliphatic rings. The molecule has 0 unspecified atom stereocenters. The highest BCUT2D eigenvalue weighted by molar-refractivity contribution is 9.10. The largest absolute Gasteiger partial charge is 0.300 e. The highest BCUT2D eigenvalue weighted by Gasteiger charge is 2.08. The molecule has 2 aromatic rings. The van der Waals surface area contributed by atoms with Gasteiger partial charge in [-0.05, 0) is 24.1 Å². The molecule has 20 heavy (non-hydrogen) atoms. The van der Waals surface area contributed by atoms with E-state index in [-0.39, 0.29) is 5.91 Å². The fourth-order valence-electron chi connectivity index (χ4n) is 1.68. The highest BCUT2D eigenvalue weighted by atomic mass is 79.9. The summed E-state index contributed by atoms with van der Waals surface area (Å²) in [4.78, 5) is 11.9. The average molecular weight is 354 g/mol. The number of benzene rings is 1. The molecule has 2 rings (SSSR count). The van der Waals surface area contributed by atoms with Crippen LogP contribution in [-0.2, 0) is 17.6 Å². The molecule has 0 fully saturated rings. The zero-order valence-electron chi connectivity index (χ0n) is 11.2. The molecule has 1 N–H and O–H groups in total. The minimum absolute atomic E-state index is 0.0643. The molecule has 0 saturated carbocycles. The normalized spacial score (nSPS) is 10.5. The number of carbonyl (C=O) groups is 1. The topological polar surface area (TPSA) is 54.9 Å². The van der Waals surface area contributed by atoms with E-state index in [2.05, 4.69) is 38.4 Å². The number of nitrogens with zero attached hydrogens (tertiary/aromatic N) is 2. The second-order valence-electron chi connectivity index (χ2n) is 4.46. The van der Waals surface area contributed by atoms with Crippen LogP contribution in [0.4, 0.5) is 5.13 Å². The van der Waals surface area contributed by atoms with E-state index in [1.807, 2.05) is 24.3 Å². The second kappa shape index (κ2) is 7.50. The van der Waals surface area contributed by atoms with Crippen LogP contribution in [0.1, 0.15) is 30.3 Å². The van der Waals surface area contributed by atoms with Gasteiger partial charge in [-0.25, -0.2) is 0 Å². The molecule has 0 aliphatic carbocycles. The number of aryl methyl sites for hydroxylation is 1. The number of unbranched alkanes of at least 4 members (excludes halogenated alkanes) is 1. The number of amides is 1. The first-order valence-corrected chi connectivity index (χ1v) is 8.15. The van der Waals surface area contributed by atoms with Crippen LogP contribution in [0, 0.1) is 0 Å². The summed E-state index contributed by atoms with van der Waals surface area (Å²) in [6.45, 7) is 2.14. The Morgan fingerprint density at radius 1 is 1.30 bits per heavy atom. The van der Waals surface area contributed by atoms with E-state index in [9.17, 15) is 4.79 Å². The molecular formula is C14H16BrN3OS. The predicted molar refractivity (Wildman–Crippen MR) is 85.0 cm³/mol. The van der Waals surface area contributed by atoms with Crippen LogP contribution in [0.3, 0.4) is 0 Å². The van der Waals surface area contributed by atoms with Gasteiger partial charge in [-0.2, -0.15) is 0 Å². The number of nitrogens with one attached hydrogen (secondary N) is 1. The van der Waals surface area contributed by atoms with Crippen molar-refractivity contribution in [2.24, 2.45) is 0 Å². The Balaban J connectivity index is 1.87. The molecule has 0 bridgehead atoms. The number of carbonyl (C=O) groups excluding carboxylic acids is 1. The summed E-state index contributed by atoms with van der Waals surface area (Å²) in [7, 11) is 0. The van der Waals surface area contributed by atoms with Gasteiger partial charge >= 0.3 is 0 Å². The lowest BCUT2D eigenvalue weighted by atomic mass is 10.1. The maximum absolute atomic E-state index is 11.9. The van der Waals surface area contributed by atoms with Gasteiger partial charge in [-0.3, -0.25) is 4.79 Å². The number of rotatable bonds is 6. The molecule has 0 atom stereocenters. The zero-order valence-corrected chi connectivity index (χ0v) is 13.6. The van der Waals surface area contributed by atoms with Crippen molar-refractivity contribution in [2.45, 2.75) is 32.6 Å². The van der Waals surface area contributed by atoms with Gasteiger partial charge in [0.25, 0.3) is 0 Å². The van der Waals surface area contributed by atoms with Gasteiger partial charge in [0.1, 0.15) is 5.01 Å². The van der Waals surface area contributed by atoms with Crippen molar-refractivity contribution in [1.82, 2.24) is 10.2 Å². The first-order valence-electron chi connectivity index (χ1n) is 6.54. The van der Waals surface area contributed by atoms with Gasteiger partial charge < -0.3 is 5.32 Å². The molecule has 0 saturated heterocycles. The van der Waals surface area contributed by atoms with Crippen LogP contribution >= 0.6 is 27.3 Å². The van der Waals surface area contributed by atoms with Crippen molar-refractivity contribution in [1.29, 1.82) is 0 Å². The molecule has 1 heterocycles. The molecule has 0 radical (unpaired) electrons. The van der Waals surface area contributed by atoms with Crippen molar-refractivity contribution < 1.29 is 4.79 Å². The predicted octanol–water partition coefficient (Wildman–Crippen LogP) is 3.82. The number of hydrogen-bond donors (Lipinski definition) is 1. The van der Waals surface area contributed by atoms with Gasteiger partial charge in [0.05, 0.1) is 6.42 Å². The van der Waals surface area contributed by atoms with E-state index < -0.39 is 0 Å². The summed E-state index contributed by atoms with van der Waals surface area (Å²) < 4.78 is 1.01. The Labute approximate surface area is 130 Å². The number of hydrogen-bond acceptors (Lipinski definition) is 4. The van der Waals surface area contributed by atoms with Crippen molar-refractivity contribution in [3.8, 4) is 0 Å². The van der Waals surface area contributed by atoms with E-state index in [1.165, 1.54) is 11.3 Å². The van der Waals surface area contributed by atoms with Gasteiger partial charge in [0.15, 0.2) is 0 Å². The Morgan fingerprint density at radius 3 is 2.75 bits per heavy atom. The second-order valence-corrected chi connectivity index (χ2v) is 6.43. The van der Waals surface area contributed by atoms with Gasteiger partial charge in [-0.15, -0.1) is 10.2 Å². The zero-order chi connectivity index (χ0) is 14.4. The maximum Gasteiger partial charge on any atom is 0.230 e. The Morgan fingerprint density at radius 2 is 2.05 bits per heavy atom. The van der Waals surface area contributed by atoms with E-state index in [4.69, 9.17) is 0 Å². The summed E-state index contributed by atoms with van der Waals surface area (Å²) in [5.41, 5.74) is 0.974.